The lowest BCUT2D eigenvalue weighted by Crippen LogP contribution is -2.04. The van der Waals surface area contributed by atoms with E-state index in [0.717, 1.165) is 5.56 Å². The maximum Gasteiger partial charge on any atom is 0.471 e. The number of hydrogen-bond donors (Lipinski definition) is 0. The van der Waals surface area contributed by atoms with Crippen molar-refractivity contribution in [2.24, 2.45) is 4.99 Å². The molecule has 110 valence electrons. The normalized spacial score (nSPS) is 18.5. The summed E-state index contributed by atoms with van der Waals surface area (Å²) in [7, 11) is 0. The fourth-order valence-corrected chi connectivity index (χ4v) is 1.85. The molecule has 1 unspecified atom stereocenters. The first kappa shape index (κ1) is 13.6. The number of rotatable bonds is 2. The van der Waals surface area contributed by atoms with Crippen LogP contribution in [-0.4, -0.2) is 28.7 Å². The predicted octanol–water partition coefficient (Wildman–Crippen LogP) is 2.92. The molecular weight excluding hydrogens is 287 g/mol. The fraction of sp³-hybridized carbons (Fsp3) is 0.308. The van der Waals surface area contributed by atoms with E-state index in [-0.39, 0.29) is 11.9 Å². The molecule has 8 heteroatoms. The molecule has 2 aromatic rings. The van der Waals surface area contributed by atoms with Gasteiger partial charge in [0, 0.05) is 11.1 Å². The van der Waals surface area contributed by atoms with Gasteiger partial charge in [-0.25, -0.2) is 4.99 Å². The highest BCUT2D eigenvalue weighted by Gasteiger charge is 2.38. The molecule has 1 atom stereocenters. The van der Waals surface area contributed by atoms with Gasteiger partial charge in [0.2, 0.25) is 11.7 Å². The third-order valence-electron chi connectivity index (χ3n) is 2.86. The highest BCUT2D eigenvalue weighted by atomic mass is 19.4. The zero-order valence-electron chi connectivity index (χ0n) is 10.9. The monoisotopic (exact) mass is 297 g/mol. The van der Waals surface area contributed by atoms with Crippen molar-refractivity contribution in [1.82, 2.24) is 10.1 Å². The Kier molecular flexibility index (Phi) is 3.15. The lowest BCUT2D eigenvalue weighted by atomic mass is 10.1. The molecule has 1 aromatic carbocycles. The number of aromatic nitrogens is 2. The topological polar surface area (TPSA) is 60.5 Å². The molecule has 0 saturated heterocycles. The van der Waals surface area contributed by atoms with Crippen molar-refractivity contribution in [3.63, 3.8) is 0 Å². The van der Waals surface area contributed by atoms with E-state index in [4.69, 9.17) is 4.74 Å². The molecule has 3 rings (SSSR count). The zero-order chi connectivity index (χ0) is 15.0. The van der Waals surface area contributed by atoms with Crippen LogP contribution in [0.2, 0.25) is 0 Å². The van der Waals surface area contributed by atoms with E-state index in [0.29, 0.717) is 18.1 Å². The number of hydrogen-bond acceptors (Lipinski definition) is 5. The molecule has 2 heterocycles. The van der Waals surface area contributed by atoms with Crippen molar-refractivity contribution in [2.45, 2.75) is 19.1 Å². The summed E-state index contributed by atoms with van der Waals surface area (Å²) in [6.45, 7) is 2.45. The minimum absolute atomic E-state index is 0.103. The standard InChI is InChI=1S/C13H10F3N3O2/c1-7-6-20-11(17-7)9-4-2-8(3-5-9)10-18-12(21-19-10)13(14,15)16/h2-5,7H,6H2,1H3. The molecule has 1 aliphatic rings. The molecule has 0 aliphatic carbocycles. The molecule has 1 aromatic heterocycles. The summed E-state index contributed by atoms with van der Waals surface area (Å²) in [5, 5.41) is 3.32. The van der Waals surface area contributed by atoms with Crippen LogP contribution in [0.5, 0.6) is 0 Å². The molecule has 5 nitrogen and oxygen atoms in total. The van der Waals surface area contributed by atoms with Crippen LogP contribution in [0.3, 0.4) is 0 Å². The maximum absolute atomic E-state index is 12.4. The van der Waals surface area contributed by atoms with Crippen molar-refractivity contribution in [1.29, 1.82) is 0 Å². The van der Waals surface area contributed by atoms with Gasteiger partial charge in [0.1, 0.15) is 6.61 Å². The van der Waals surface area contributed by atoms with Gasteiger partial charge in [-0.05, 0) is 19.1 Å². The number of aliphatic imine (C=N–C) groups is 1. The summed E-state index contributed by atoms with van der Waals surface area (Å²) in [6.07, 6.45) is -4.65. The number of alkyl halides is 3. The molecule has 0 radical (unpaired) electrons. The van der Waals surface area contributed by atoms with Crippen LogP contribution < -0.4 is 0 Å². The lowest BCUT2D eigenvalue weighted by molar-refractivity contribution is -0.159. The van der Waals surface area contributed by atoms with E-state index in [1.54, 1.807) is 24.3 Å². The van der Waals surface area contributed by atoms with Crippen LogP contribution in [0.1, 0.15) is 18.4 Å². The van der Waals surface area contributed by atoms with Crippen molar-refractivity contribution in [3.8, 4) is 11.4 Å². The minimum Gasteiger partial charge on any atom is -0.475 e. The second kappa shape index (κ2) is 4.87. The Balaban J connectivity index is 1.84. The first-order valence-corrected chi connectivity index (χ1v) is 6.16. The van der Waals surface area contributed by atoms with Crippen molar-refractivity contribution >= 4 is 5.90 Å². The smallest absolute Gasteiger partial charge is 0.471 e. The first-order chi connectivity index (χ1) is 9.93. The minimum atomic E-state index is -4.65. The van der Waals surface area contributed by atoms with Gasteiger partial charge in [-0.1, -0.05) is 17.3 Å². The van der Waals surface area contributed by atoms with Crippen molar-refractivity contribution in [2.75, 3.05) is 6.61 Å². The van der Waals surface area contributed by atoms with Crippen LogP contribution in [0.25, 0.3) is 11.4 Å². The summed E-state index contributed by atoms with van der Waals surface area (Å²) < 4.78 is 46.8. The maximum atomic E-state index is 12.4. The second-order valence-electron chi connectivity index (χ2n) is 4.59. The van der Waals surface area contributed by atoms with Gasteiger partial charge in [-0.2, -0.15) is 18.2 Å². The van der Waals surface area contributed by atoms with Crippen LogP contribution >= 0.6 is 0 Å². The average molecular weight is 297 g/mol. The van der Waals surface area contributed by atoms with E-state index in [2.05, 4.69) is 19.7 Å². The molecule has 21 heavy (non-hydrogen) atoms. The third kappa shape index (κ3) is 2.74. The molecule has 0 fully saturated rings. The van der Waals surface area contributed by atoms with E-state index in [9.17, 15) is 13.2 Å². The third-order valence-corrected chi connectivity index (χ3v) is 2.86. The Hall–Kier alpha value is -2.38. The van der Waals surface area contributed by atoms with Gasteiger partial charge < -0.3 is 9.26 Å². The molecule has 0 amide bonds. The van der Waals surface area contributed by atoms with Gasteiger partial charge in [0.05, 0.1) is 6.04 Å². The van der Waals surface area contributed by atoms with E-state index >= 15 is 0 Å². The Labute approximate surface area is 117 Å². The zero-order valence-corrected chi connectivity index (χ0v) is 10.9. The van der Waals surface area contributed by atoms with E-state index < -0.39 is 12.1 Å². The van der Waals surface area contributed by atoms with Crippen LogP contribution in [0.4, 0.5) is 13.2 Å². The largest absolute Gasteiger partial charge is 0.475 e. The van der Waals surface area contributed by atoms with Gasteiger partial charge >= 0.3 is 12.1 Å². The molecule has 0 spiro atoms. The summed E-state index contributed by atoms with van der Waals surface area (Å²) >= 11 is 0. The molecule has 0 saturated carbocycles. The van der Waals surface area contributed by atoms with Gasteiger partial charge in [-0.3, -0.25) is 0 Å². The van der Waals surface area contributed by atoms with Crippen molar-refractivity contribution in [3.05, 3.63) is 35.7 Å². The average Bonchev–Trinajstić information content (AvgIpc) is 3.07. The molecule has 1 aliphatic heterocycles. The molecular formula is C13H10F3N3O2. The second-order valence-corrected chi connectivity index (χ2v) is 4.59. The molecule has 0 bridgehead atoms. The van der Waals surface area contributed by atoms with Gasteiger partial charge in [0.15, 0.2) is 0 Å². The fourth-order valence-electron chi connectivity index (χ4n) is 1.85. The van der Waals surface area contributed by atoms with Crippen molar-refractivity contribution < 1.29 is 22.4 Å². The Morgan fingerprint density at radius 3 is 2.33 bits per heavy atom. The summed E-state index contributed by atoms with van der Waals surface area (Å²) in [6, 6.07) is 6.67. The SMILES string of the molecule is CC1COC(c2ccc(-c3noc(C(F)(F)F)n3)cc2)=N1. The Bertz CT molecular complexity index is 677. The summed E-state index contributed by atoms with van der Waals surface area (Å²) in [4.78, 5) is 7.62. The van der Waals surface area contributed by atoms with E-state index in [1.165, 1.54) is 0 Å². The highest BCUT2D eigenvalue weighted by molar-refractivity contribution is 5.95. The van der Waals surface area contributed by atoms with E-state index in [1.807, 2.05) is 6.92 Å². The Morgan fingerprint density at radius 2 is 1.81 bits per heavy atom. The van der Waals surface area contributed by atoms with Crippen LogP contribution in [0, 0.1) is 0 Å². The number of nitrogens with zero attached hydrogens (tertiary/aromatic N) is 3. The summed E-state index contributed by atoms with van der Waals surface area (Å²) in [5.41, 5.74) is 1.17. The number of halogens is 3. The Morgan fingerprint density at radius 1 is 1.14 bits per heavy atom. The van der Waals surface area contributed by atoms with Gasteiger partial charge in [0.25, 0.3) is 0 Å². The number of benzene rings is 1. The van der Waals surface area contributed by atoms with Crippen LogP contribution in [-0.2, 0) is 10.9 Å². The quantitative estimate of drug-likeness (QED) is 0.855. The molecule has 0 N–H and O–H groups in total. The number of ether oxygens (including phenoxy) is 1. The summed E-state index contributed by atoms with van der Waals surface area (Å²) in [5.74, 6) is -0.950. The lowest BCUT2D eigenvalue weighted by Gasteiger charge is -2.01. The van der Waals surface area contributed by atoms with Crippen LogP contribution in [0.15, 0.2) is 33.8 Å². The highest BCUT2D eigenvalue weighted by Crippen LogP contribution is 2.29. The predicted molar refractivity (Wildman–Crippen MR) is 66.7 cm³/mol. The first-order valence-electron chi connectivity index (χ1n) is 6.16. The van der Waals surface area contributed by atoms with Gasteiger partial charge in [-0.15, -0.1) is 0 Å².